The lowest BCUT2D eigenvalue weighted by Crippen LogP contribution is -2.37. The molecule has 2 aromatic rings. The zero-order chi connectivity index (χ0) is 18.8. The van der Waals surface area contributed by atoms with Gasteiger partial charge in [-0.05, 0) is 30.9 Å². The van der Waals surface area contributed by atoms with Gasteiger partial charge in [0.25, 0.3) is 0 Å². The Morgan fingerprint density at radius 1 is 1.19 bits per heavy atom. The Hall–Kier alpha value is -2.08. The summed E-state index contributed by atoms with van der Waals surface area (Å²) >= 11 is 1.70. The van der Waals surface area contributed by atoms with Crippen LogP contribution in [0.15, 0.2) is 40.7 Å². The van der Waals surface area contributed by atoms with Crippen LogP contribution in [0.25, 0.3) is 0 Å². The van der Waals surface area contributed by atoms with Gasteiger partial charge in [0.15, 0.2) is 5.96 Å². The molecule has 1 aromatic carbocycles. The first kappa shape index (κ1) is 20.2. The molecule has 2 N–H and O–H groups in total. The van der Waals surface area contributed by atoms with Crippen LogP contribution in [-0.2, 0) is 6.54 Å². The molecule has 6 heteroatoms. The fourth-order valence-corrected chi connectivity index (χ4v) is 3.44. The van der Waals surface area contributed by atoms with Crippen molar-refractivity contribution in [1.82, 2.24) is 15.6 Å². The van der Waals surface area contributed by atoms with Crippen LogP contribution < -0.4 is 15.5 Å². The van der Waals surface area contributed by atoms with Gasteiger partial charge in [0, 0.05) is 38.3 Å². The molecule has 0 radical (unpaired) electrons. The Bertz CT molecular complexity index is 666. The maximum absolute atomic E-state index is 4.64. The number of nitrogens with zero attached hydrogens (tertiary/aromatic N) is 3. The van der Waals surface area contributed by atoms with Crippen LogP contribution in [0.2, 0.25) is 0 Å². The summed E-state index contributed by atoms with van der Waals surface area (Å²) in [5.74, 6) is 1.31. The minimum atomic E-state index is 0.478. The van der Waals surface area contributed by atoms with Gasteiger partial charge in [-0.1, -0.05) is 32.0 Å². The highest BCUT2D eigenvalue weighted by Gasteiger charge is 2.06. The molecule has 0 atom stereocenters. The predicted molar refractivity (Wildman–Crippen MR) is 113 cm³/mol. The van der Waals surface area contributed by atoms with Crippen molar-refractivity contribution in [3.63, 3.8) is 0 Å². The third-order valence-electron chi connectivity index (χ3n) is 4.20. The SMILES string of the molecule is CN=C(NCCCCN(C)c1ccccc1)NCc1nc(C(C)C)cs1. The summed E-state index contributed by atoms with van der Waals surface area (Å²) in [6.45, 7) is 7.02. The zero-order valence-corrected chi connectivity index (χ0v) is 17.1. The molecule has 0 saturated carbocycles. The largest absolute Gasteiger partial charge is 0.375 e. The van der Waals surface area contributed by atoms with Crippen molar-refractivity contribution in [1.29, 1.82) is 0 Å². The average Bonchev–Trinajstić information content (AvgIpc) is 3.14. The van der Waals surface area contributed by atoms with Crippen molar-refractivity contribution < 1.29 is 0 Å². The van der Waals surface area contributed by atoms with Gasteiger partial charge in [-0.3, -0.25) is 4.99 Å². The Morgan fingerprint density at radius 3 is 2.62 bits per heavy atom. The van der Waals surface area contributed by atoms with E-state index in [4.69, 9.17) is 0 Å². The lowest BCUT2D eigenvalue weighted by molar-refractivity contribution is 0.686. The number of guanidine groups is 1. The summed E-state index contributed by atoms with van der Waals surface area (Å²) in [5, 5.41) is 9.96. The van der Waals surface area contributed by atoms with Gasteiger partial charge in [-0.2, -0.15) is 0 Å². The summed E-state index contributed by atoms with van der Waals surface area (Å²) in [4.78, 5) is 11.2. The lowest BCUT2D eigenvalue weighted by Gasteiger charge is -2.19. The highest BCUT2D eigenvalue weighted by Crippen LogP contribution is 2.17. The smallest absolute Gasteiger partial charge is 0.191 e. The number of unbranched alkanes of at least 4 members (excludes halogenated alkanes) is 1. The number of hydrogen-bond donors (Lipinski definition) is 2. The molecule has 1 aromatic heterocycles. The molecule has 0 bridgehead atoms. The van der Waals surface area contributed by atoms with Crippen molar-refractivity contribution in [2.45, 2.75) is 39.2 Å². The Balaban J connectivity index is 1.62. The van der Waals surface area contributed by atoms with Crippen LogP contribution in [-0.4, -0.2) is 38.1 Å². The van der Waals surface area contributed by atoms with Crippen molar-refractivity contribution in [3.05, 3.63) is 46.4 Å². The molecule has 2 rings (SSSR count). The van der Waals surface area contributed by atoms with Gasteiger partial charge in [0.05, 0.1) is 12.2 Å². The Kier molecular flexibility index (Phi) is 8.41. The molecular weight excluding hydrogens is 342 g/mol. The molecule has 0 aliphatic heterocycles. The summed E-state index contributed by atoms with van der Waals surface area (Å²) in [6.07, 6.45) is 2.24. The van der Waals surface area contributed by atoms with Gasteiger partial charge >= 0.3 is 0 Å². The van der Waals surface area contributed by atoms with E-state index >= 15 is 0 Å². The van der Waals surface area contributed by atoms with E-state index in [1.54, 1.807) is 18.4 Å². The van der Waals surface area contributed by atoms with E-state index in [1.807, 2.05) is 0 Å². The van der Waals surface area contributed by atoms with Crippen LogP contribution in [0, 0.1) is 0 Å². The van der Waals surface area contributed by atoms with Crippen molar-refractivity contribution in [3.8, 4) is 0 Å². The topological polar surface area (TPSA) is 52.6 Å². The van der Waals surface area contributed by atoms with E-state index in [2.05, 4.69) is 82.1 Å². The number of para-hydroxylation sites is 1. The van der Waals surface area contributed by atoms with Crippen LogP contribution in [0.4, 0.5) is 5.69 Å². The van der Waals surface area contributed by atoms with Gasteiger partial charge in [-0.15, -0.1) is 11.3 Å². The van der Waals surface area contributed by atoms with Crippen molar-refractivity contribution in [2.75, 3.05) is 32.1 Å². The molecule has 5 nitrogen and oxygen atoms in total. The second kappa shape index (κ2) is 10.8. The number of hydrogen-bond acceptors (Lipinski definition) is 4. The lowest BCUT2D eigenvalue weighted by atomic mass is 10.2. The molecule has 142 valence electrons. The fraction of sp³-hybridized carbons (Fsp3) is 0.500. The monoisotopic (exact) mass is 373 g/mol. The summed E-state index contributed by atoms with van der Waals surface area (Å²) in [6, 6.07) is 10.5. The molecule has 0 spiro atoms. The Morgan fingerprint density at radius 2 is 1.96 bits per heavy atom. The van der Waals surface area contributed by atoms with Gasteiger partial charge in [-0.25, -0.2) is 4.98 Å². The number of thiazole rings is 1. The molecular formula is C20H31N5S. The molecule has 0 aliphatic carbocycles. The summed E-state index contributed by atoms with van der Waals surface area (Å²) in [7, 11) is 3.95. The van der Waals surface area contributed by atoms with E-state index in [1.165, 1.54) is 5.69 Å². The third-order valence-corrected chi connectivity index (χ3v) is 5.07. The molecule has 0 aliphatic rings. The minimum Gasteiger partial charge on any atom is -0.375 e. The van der Waals surface area contributed by atoms with Gasteiger partial charge in [0.1, 0.15) is 5.01 Å². The summed E-state index contributed by atoms with van der Waals surface area (Å²) < 4.78 is 0. The molecule has 1 heterocycles. The van der Waals surface area contributed by atoms with Crippen LogP contribution in [0.3, 0.4) is 0 Å². The van der Waals surface area contributed by atoms with E-state index < -0.39 is 0 Å². The standard InChI is InChI=1S/C20H31N5S/c1-16(2)18-15-26-19(24-18)14-23-20(21-3)22-12-8-9-13-25(4)17-10-6-5-7-11-17/h5-7,10-11,15-16H,8-9,12-14H2,1-4H3,(H2,21,22,23). The maximum Gasteiger partial charge on any atom is 0.191 e. The molecule has 26 heavy (non-hydrogen) atoms. The quantitative estimate of drug-likeness (QED) is 0.398. The molecule has 0 amide bonds. The van der Waals surface area contributed by atoms with E-state index in [0.717, 1.165) is 42.6 Å². The molecule has 0 fully saturated rings. The number of aromatic nitrogens is 1. The normalized spacial score (nSPS) is 11.7. The first-order valence-electron chi connectivity index (χ1n) is 9.25. The van der Waals surface area contributed by atoms with E-state index in [9.17, 15) is 0 Å². The molecule has 0 unspecified atom stereocenters. The maximum atomic E-state index is 4.64. The average molecular weight is 374 g/mol. The predicted octanol–water partition coefficient (Wildman–Crippen LogP) is 3.85. The highest BCUT2D eigenvalue weighted by molar-refractivity contribution is 7.09. The Labute approximate surface area is 161 Å². The minimum absolute atomic E-state index is 0.478. The third kappa shape index (κ3) is 6.67. The van der Waals surface area contributed by atoms with Crippen LogP contribution in [0.5, 0.6) is 0 Å². The number of rotatable bonds is 9. The molecule has 0 saturated heterocycles. The highest BCUT2D eigenvalue weighted by atomic mass is 32.1. The van der Waals surface area contributed by atoms with E-state index in [-0.39, 0.29) is 0 Å². The number of benzene rings is 1. The number of nitrogens with one attached hydrogen (secondary N) is 2. The number of aliphatic imine (C=N–C) groups is 1. The number of anilines is 1. The van der Waals surface area contributed by atoms with Crippen molar-refractivity contribution in [2.24, 2.45) is 4.99 Å². The fourth-order valence-electron chi connectivity index (χ4n) is 2.54. The zero-order valence-electron chi connectivity index (χ0n) is 16.3. The van der Waals surface area contributed by atoms with E-state index in [0.29, 0.717) is 12.5 Å². The van der Waals surface area contributed by atoms with Crippen molar-refractivity contribution >= 4 is 23.0 Å². The second-order valence-electron chi connectivity index (χ2n) is 6.64. The van der Waals surface area contributed by atoms with Gasteiger partial charge in [0.2, 0.25) is 0 Å². The van der Waals surface area contributed by atoms with Crippen LogP contribution in [0.1, 0.15) is 43.3 Å². The van der Waals surface area contributed by atoms with Crippen LogP contribution >= 0.6 is 11.3 Å². The van der Waals surface area contributed by atoms with Gasteiger partial charge < -0.3 is 15.5 Å². The summed E-state index contributed by atoms with van der Waals surface area (Å²) in [5.41, 5.74) is 2.43. The first-order chi connectivity index (χ1) is 12.6. The second-order valence-corrected chi connectivity index (χ2v) is 7.58. The first-order valence-corrected chi connectivity index (χ1v) is 10.1.